The topological polar surface area (TPSA) is 75.4 Å². The molecule has 29 heavy (non-hydrogen) atoms. The van der Waals surface area contributed by atoms with Crippen LogP contribution in [0, 0.1) is 6.92 Å². The second-order valence-electron chi connectivity index (χ2n) is 7.39. The number of para-hydroxylation sites is 1. The highest BCUT2D eigenvalue weighted by atomic mass is 16.2. The summed E-state index contributed by atoms with van der Waals surface area (Å²) in [4.78, 5) is 25.7. The molecule has 6 heteroatoms. The van der Waals surface area contributed by atoms with Gasteiger partial charge in [-0.1, -0.05) is 42.0 Å². The van der Waals surface area contributed by atoms with Crippen LogP contribution >= 0.6 is 0 Å². The fourth-order valence-corrected chi connectivity index (χ4v) is 3.50. The molecule has 1 fully saturated rings. The minimum atomic E-state index is 0.0522. The van der Waals surface area contributed by atoms with Crippen molar-refractivity contribution >= 4 is 28.7 Å². The molecule has 1 aliphatic rings. The highest BCUT2D eigenvalue weighted by Gasteiger charge is 2.20. The van der Waals surface area contributed by atoms with Crippen molar-refractivity contribution in [2.24, 2.45) is 0 Å². The molecule has 1 aliphatic heterocycles. The molecular weight excluding hydrogens is 362 g/mol. The van der Waals surface area contributed by atoms with Gasteiger partial charge in [-0.25, -0.2) is 9.97 Å². The van der Waals surface area contributed by atoms with Gasteiger partial charge in [0.1, 0.15) is 11.6 Å². The molecule has 2 aromatic carbocycles. The predicted octanol–water partition coefficient (Wildman–Crippen LogP) is 2.88. The Morgan fingerprint density at radius 3 is 2.52 bits per heavy atom. The Labute approximate surface area is 170 Å². The van der Waals surface area contributed by atoms with Crippen molar-refractivity contribution in [3.8, 4) is 0 Å². The Bertz CT molecular complexity index is 1040. The largest absolute Gasteiger partial charge is 0.383 e. The number of aryl methyl sites for hydroxylation is 1. The Balaban J connectivity index is 1.33. The summed E-state index contributed by atoms with van der Waals surface area (Å²) >= 11 is 0. The van der Waals surface area contributed by atoms with Gasteiger partial charge in [-0.05, 0) is 30.7 Å². The summed E-state index contributed by atoms with van der Waals surface area (Å²) in [6, 6.07) is 15.9. The molecule has 3 aromatic rings. The molecule has 6 nitrogen and oxygen atoms in total. The number of hydrogen-bond donors (Lipinski definition) is 1. The zero-order valence-electron chi connectivity index (χ0n) is 16.6. The number of rotatable bonds is 4. The number of aromatic nitrogens is 2. The van der Waals surface area contributed by atoms with Crippen LogP contribution in [0.3, 0.4) is 0 Å². The van der Waals surface area contributed by atoms with E-state index in [1.807, 2.05) is 59.5 Å². The van der Waals surface area contributed by atoms with Crippen molar-refractivity contribution in [3.05, 3.63) is 71.6 Å². The lowest BCUT2D eigenvalue weighted by molar-refractivity contribution is -0.127. The van der Waals surface area contributed by atoms with Crippen molar-refractivity contribution in [2.75, 3.05) is 31.9 Å². The first kappa shape index (κ1) is 19.1. The number of benzene rings is 2. The summed E-state index contributed by atoms with van der Waals surface area (Å²) in [6.07, 6.45) is 3.54. The molecule has 0 unspecified atom stereocenters. The van der Waals surface area contributed by atoms with Crippen LogP contribution in [0.15, 0.2) is 54.6 Å². The summed E-state index contributed by atoms with van der Waals surface area (Å²) in [7, 11) is 0. The van der Waals surface area contributed by atoms with Crippen LogP contribution in [0.1, 0.15) is 17.0 Å². The average molecular weight is 387 g/mol. The van der Waals surface area contributed by atoms with Crippen LogP contribution in [0.4, 0.5) is 5.82 Å². The van der Waals surface area contributed by atoms with Crippen LogP contribution in [0.2, 0.25) is 0 Å². The maximum absolute atomic E-state index is 12.5. The van der Waals surface area contributed by atoms with E-state index >= 15 is 0 Å². The second kappa shape index (κ2) is 8.41. The van der Waals surface area contributed by atoms with Crippen LogP contribution in [0.25, 0.3) is 17.0 Å². The molecule has 1 aromatic heterocycles. The Morgan fingerprint density at radius 2 is 1.76 bits per heavy atom. The molecule has 0 atom stereocenters. The average Bonchev–Trinajstić information content (AvgIpc) is 2.74. The van der Waals surface area contributed by atoms with Crippen LogP contribution in [0.5, 0.6) is 0 Å². The summed E-state index contributed by atoms with van der Waals surface area (Å²) in [5.41, 5.74) is 9.19. The summed E-state index contributed by atoms with van der Waals surface area (Å²) < 4.78 is 0. The van der Waals surface area contributed by atoms with E-state index in [1.165, 1.54) is 5.56 Å². The van der Waals surface area contributed by atoms with Gasteiger partial charge in [0.25, 0.3) is 0 Å². The maximum Gasteiger partial charge on any atom is 0.246 e. The van der Waals surface area contributed by atoms with Gasteiger partial charge < -0.3 is 10.6 Å². The lowest BCUT2D eigenvalue weighted by Crippen LogP contribution is -2.48. The Hall–Kier alpha value is -3.25. The lowest BCUT2D eigenvalue weighted by atomic mass is 10.1. The number of anilines is 1. The van der Waals surface area contributed by atoms with Crippen molar-refractivity contribution in [1.29, 1.82) is 0 Å². The van der Waals surface area contributed by atoms with Crippen molar-refractivity contribution in [2.45, 2.75) is 13.5 Å². The van der Waals surface area contributed by atoms with Gasteiger partial charge in [-0.15, -0.1) is 0 Å². The molecule has 0 radical (unpaired) electrons. The SMILES string of the molecule is Cc1ccc(/C=C/C(=O)N2CCN(Cc3nc(N)c4ccccc4n3)CC2)cc1. The summed E-state index contributed by atoms with van der Waals surface area (Å²) in [6.45, 7) is 5.66. The van der Waals surface area contributed by atoms with Crippen molar-refractivity contribution in [1.82, 2.24) is 19.8 Å². The van der Waals surface area contributed by atoms with Gasteiger partial charge in [-0.2, -0.15) is 0 Å². The Morgan fingerprint density at radius 1 is 1.03 bits per heavy atom. The monoisotopic (exact) mass is 387 g/mol. The van der Waals surface area contributed by atoms with Crippen LogP contribution < -0.4 is 5.73 Å². The first-order chi connectivity index (χ1) is 14.1. The lowest BCUT2D eigenvalue weighted by Gasteiger charge is -2.33. The summed E-state index contributed by atoms with van der Waals surface area (Å²) in [5.74, 6) is 1.29. The zero-order valence-corrected chi connectivity index (χ0v) is 16.6. The first-order valence-electron chi connectivity index (χ1n) is 9.85. The van der Waals surface area contributed by atoms with Crippen molar-refractivity contribution < 1.29 is 4.79 Å². The third-order valence-electron chi connectivity index (χ3n) is 5.22. The fraction of sp³-hybridized carbons (Fsp3) is 0.261. The predicted molar refractivity (Wildman–Crippen MR) is 116 cm³/mol. The van der Waals surface area contributed by atoms with E-state index in [9.17, 15) is 4.79 Å². The molecule has 1 saturated heterocycles. The normalized spacial score (nSPS) is 15.3. The quantitative estimate of drug-likeness (QED) is 0.697. The number of fused-ring (bicyclic) bond motifs is 1. The van der Waals surface area contributed by atoms with Gasteiger partial charge in [-0.3, -0.25) is 9.69 Å². The van der Waals surface area contributed by atoms with E-state index in [4.69, 9.17) is 5.73 Å². The van der Waals surface area contributed by atoms with Crippen LogP contribution in [-0.2, 0) is 11.3 Å². The van der Waals surface area contributed by atoms with E-state index in [-0.39, 0.29) is 5.91 Å². The zero-order chi connectivity index (χ0) is 20.2. The molecule has 0 spiro atoms. The van der Waals surface area contributed by atoms with Gasteiger partial charge in [0.2, 0.25) is 5.91 Å². The molecule has 148 valence electrons. The number of nitrogens with zero attached hydrogens (tertiary/aromatic N) is 4. The number of nitrogens with two attached hydrogens (primary N) is 1. The van der Waals surface area contributed by atoms with Gasteiger partial charge >= 0.3 is 0 Å². The standard InChI is InChI=1S/C23H25N5O/c1-17-6-8-18(9-7-17)10-11-22(29)28-14-12-27(13-15-28)16-21-25-20-5-3-2-4-19(20)23(24)26-21/h2-11H,12-16H2,1H3,(H2,24,25,26)/b11-10+. The second-order valence-corrected chi connectivity index (χ2v) is 7.39. The molecule has 0 saturated carbocycles. The van der Waals surface area contributed by atoms with Crippen LogP contribution in [-0.4, -0.2) is 51.9 Å². The molecule has 4 rings (SSSR count). The molecule has 1 amide bonds. The fourth-order valence-electron chi connectivity index (χ4n) is 3.50. The molecule has 0 bridgehead atoms. The molecular formula is C23H25N5O. The van der Waals surface area contributed by atoms with Gasteiger partial charge in [0.15, 0.2) is 0 Å². The summed E-state index contributed by atoms with van der Waals surface area (Å²) in [5, 5.41) is 0.882. The smallest absolute Gasteiger partial charge is 0.246 e. The van der Waals surface area contributed by atoms with E-state index in [2.05, 4.69) is 21.8 Å². The minimum Gasteiger partial charge on any atom is -0.383 e. The van der Waals surface area contributed by atoms with Crippen molar-refractivity contribution in [3.63, 3.8) is 0 Å². The number of amides is 1. The number of carbonyl (C=O) groups excluding carboxylic acids is 1. The highest BCUT2D eigenvalue weighted by Crippen LogP contribution is 2.18. The number of hydrogen-bond acceptors (Lipinski definition) is 5. The molecule has 2 N–H and O–H groups in total. The highest BCUT2D eigenvalue weighted by molar-refractivity contribution is 5.92. The third kappa shape index (κ3) is 4.60. The van der Waals surface area contributed by atoms with Gasteiger partial charge in [0, 0.05) is 37.6 Å². The molecule has 0 aliphatic carbocycles. The van der Waals surface area contributed by atoms with E-state index in [0.717, 1.165) is 35.4 Å². The number of piperazine rings is 1. The van der Waals surface area contributed by atoms with E-state index in [0.29, 0.717) is 25.5 Å². The number of nitrogen functional groups attached to an aromatic ring is 1. The Kier molecular flexibility index (Phi) is 5.53. The van der Waals surface area contributed by atoms with E-state index < -0.39 is 0 Å². The van der Waals surface area contributed by atoms with E-state index in [1.54, 1.807) is 6.08 Å². The maximum atomic E-state index is 12.5. The first-order valence-corrected chi connectivity index (χ1v) is 9.85. The third-order valence-corrected chi connectivity index (χ3v) is 5.22. The minimum absolute atomic E-state index is 0.0522. The van der Waals surface area contributed by atoms with Gasteiger partial charge in [0.05, 0.1) is 12.1 Å². The number of carbonyl (C=O) groups is 1. The molecule has 2 heterocycles.